The number of benzene rings is 1. The van der Waals surface area contributed by atoms with E-state index in [1.807, 2.05) is 24.3 Å². The highest BCUT2D eigenvalue weighted by molar-refractivity contribution is 9.10. The molecule has 0 spiro atoms. The largest absolute Gasteiger partial charge is 0.389 e. The molecular formula is C16H18BrNOS. The Hall–Kier alpha value is -0.840. The molecule has 0 aliphatic carbocycles. The molecule has 0 saturated heterocycles. The summed E-state index contributed by atoms with van der Waals surface area (Å²) in [5.41, 5.74) is 3.57. The van der Waals surface area contributed by atoms with Crippen LogP contribution in [0.5, 0.6) is 0 Å². The van der Waals surface area contributed by atoms with Gasteiger partial charge in [-0.15, -0.1) is 11.3 Å². The summed E-state index contributed by atoms with van der Waals surface area (Å²) in [4.78, 5) is 3.91. The van der Waals surface area contributed by atoms with E-state index in [9.17, 15) is 5.11 Å². The molecule has 1 aromatic carbocycles. The number of hydrogen-bond acceptors (Lipinski definition) is 3. The molecule has 0 bridgehead atoms. The summed E-state index contributed by atoms with van der Waals surface area (Å²) in [6, 6.07) is 8.79. The molecule has 2 atom stereocenters. The lowest BCUT2D eigenvalue weighted by Crippen LogP contribution is -2.33. The first-order valence-electron chi connectivity index (χ1n) is 6.88. The van der Waals surface area contributed by atoms with Gasteiger partial charge < -0.3 is 10.0 Å². The molecule has 4 heteroatoms. The standard InChI is InChI=1S/C16H18BrNOS/c1-10-13-6-8-20-16(13)5-7-18(10)15-4-3-12(17)9-14(15)11(2)19/h3-4,6,8-11,19H,5,7H2,1-2H3. The molecule has 2 unspecified atom stereocenters. The Bertz CT molecular complexity index is 623. The third kappa shape index (κ3) is 2.41. The van der Waals surface area contributed by atoms with Gasteiger partial charge in [-0.3, -0.25) is 0 Å². The molecule has 0 amide bonds. The molecule has 1 aliphatic heterocycles. The normalized spacial score (nSPS) is 19.8. The van der Waals surface area contributed by atoms with Crippen molar-refractivity contribution in [2.75, 3.05) is 11.4 Å². The maximum absolute atomic E-state index is 10.1. The smallest absolute Gasteiger partial charge is 0.0782 e. The Balaban J connectivity index is 2.02. The molecular weight excluding hydrogens is 334 g/mol. The van der Waals surface area contributed by atoms with Crippen molar-refractivity contribution in [3.63, 3.8) is 0 Å². The van der Waals surface area contributed by atoms with E-state index in [1.165, 1.54) is 10.4 Å². The average Bonchev–Trinajstić information content (AvgIpc) is 2.89. The fourth-order valence-corrected chi connectivity index (χ4v) is 4.30. The average molecular weight is 352 g/mol. The minimum atomic E-state index is -0.460. The third-order valence-corrected chi connectivity index (χ3v) is 5.52. The quantitative estimate of drug-likeness (QED) is 0.848. The number of rotatable bonds is 2. The zero-order valence-electron chi connectivity index (χ0n) is 11.6. The van der Waals surface area contributed by atoms with Crippen molar-refractivity contribution in [1.29, 1.82) is 0 Å². The van der Waals surface area contributed by atoms with E-state index in [4.69, 9.17) is 0 Å². The second kappa shape index (κ2) is 5.51. The molecule has 2 nitrogen and oxygen atoms in total. The lowest BCUT2D eigenvalue weighted by atomic mass is 9.98. The van der Waals surface area contributed by atoms with Gasteiger partial charge in [0.05, 0.1) is 12.1 Å². The number of aliphatic hydroxyl groups is 1. The van der Waals surface area contributed by atoms with Gasteiger partial charge in [0.2, 0.25) is 0 Å². The second-order valence-corrected chi connectivity index (χ2v) is 7.21. The van der Waals surface area contributed by atoms with Gasteiger partial charge >= 0.3 is 0 Å². The minimum Gasteiger partial charge on any atom is -0.389 e. The highest BCUT2D eigenvalue weighted by atomic mass is 79.9. The van der Waals surface area contributed by atoms with Crippen LogP contribution < -0.4 is 4.90 Å². The van der Waals surface area contributed by atoms with Crippen LogP contribution in [0.3, 0.4) is 0 Å². The van der Waals surface area contributed by atoms with Crippen LogP contribution in [0, 0.1) is 0 Å². The van der Waals surface area contributed by atoms with Crippen molar-refractivity contribution in [3.05, 3.63) is 50.1 Å². The number of fused-ring (bicyclic) bond motifs is 1. The van der Waals surface area contributed by atoms with Crippen LogP contribution in [0.4, 0.5) is 5.69 Å². The van der Waals surface area contributed by atoms with Crippen LogP contribution >= 0.6 is 27.3 Å². The minimum absolute atomic E-state index is 0.365. The Morgan fingerprint density at radius 3 is 2.95 bits per heavy atom. The van der Waals surface area contributed by atoms with Crippen molar-refractivity contribution >= 4 is 33.0 Å². The van der Waals surface area contributed by atoms with Gasteiger partial charge in [-0.25, -0.2) is 0 Å². The number of thiophene rings is 1. The molecule has 2 heterocycles. The summed E-state index contributed by atoms with van der Waals surface area (Å²) in [6.45, 7) is 5.09. The number of halogens is 1. The van der Waals surface area contributed by atoms with Gasteiger partial charge in [-0.1, -0.05) is 15.9 Å². The molecule has 2 aromatic rings. The summed E-state index contributed by atoms with van der Waals surface area (Å²) < 4.78 is 1.01. The zero-order chi connectivity index (χ0) is 14.3. The van der Waals surface area contributed by atoms with E-state index in [2.05, 4.69) is 51.3 Å². The fourth-order valence-electron chi connectivity index (χ4n) is 2.96. The van der Waals surface area contributed by atoms with E-state index in [1.54, 1.807) is 0 Å². The highest BCUT2D eigenvalue weighted by Crippen LogP contribution is 2.39. The van der Waals surface area contributed by atoms with Crippen molar-refractivity contribution in [2.45, 2.75) is 32.4 Å². The van der Waals surface area contributed by atoms with Crippen LogP contribution in [-0.2, 0) is 6.42 Å². The lowest BCUT2D eigenvalue weighted by Gasteiger charge is -2.37. The zero-order valence-corrected chi connectivity index (χ0v) is 14.0. The highest BCUT2D eigenvalue weighted by Gasteiger charge is 2.27. The molecule has 3 rings (SSSR count). The summed E-state index contributed by atoms with van der Waals surface area (Å²) in [5, 5.41) is 12.2. The van der Waals surface area contributed by atoms with Gasteiger partial charge in [0, 0.05) is 27.1 Å². The first-order valence-corrected chi connectivity index (χ1v) is 8.55. The number of aliphatic hydroxyl groups excluding tert-OH is 1. The van der Waals surface area contributed by atoms with Gasteiger partial charge in [0.25, 0.3) is 0 Å². The maximum atomic E-state index is 10.1. The molecule has 1 aliphatic rings. The predicted molar refractivity (Wildman–Crippen MR) is 88.6 cm³/mol. The number of anilines is 1. The Kier molecular flexibility index (Phi) is 3.89. The Morgan fingerprint density at radius 1 is 1.40 bits per heavy atom. The number of hydrogen-bond donors (Lipinski definition) is 1. The Morgan fingerprint density at radius 2 is 2.20 bits per heavy atom. The summed E-state index contributed by atoms with van der Waals surface area (Å²) in [7, 11) is 0. The SMILES string of the molecule is CC(O)c1cc(Br)ccc1N1CCc2sccc2C1C. The van der Waals surface area contributed by atoms with E-state index in [0.717, 1.165) is 28.7 Å². The monoisotopic (exact) mass is 351 g/mol. The van der Waals surface area contributed by atoms with E-state index < -0.39 is 6.10 Å². The van der Waals surface area contributed by atoms with E-state index >= 15 is 0 Å². The molecule has 1 aromatic heterocycles. The van der Waals surface area contributed by atoms with Crippen LogP contribution in [0.15, 0.2) is 34.1 Å². The second-order valence-electron chi connectivity index (χ2n) is 5.30. The van der Waals surface area contributed by atoms with Crippen LogP contribution in [0.25, 0.3) is 0 Å². The van der Waals surface area contributed by atoms with Crippen LogP contribution in [0.1, 0.15) is 42.0 Å². The lowest BCUT2D eigenvalue weighted by molar-refractivity contribution is 0.199. The topological polar surface area (TPSA) is 23.5 Å². The summed E-state index contributed by atoms with van der Waals surface area (Å²) in [5.74, 6) is 0. The van der Waals surface area contributed by atoms with Crippen LogP contribution in [-0.4, -0.2) is 11.7 Å². The molecule has 1 N–H and O–H groups in total. The summed E-state index contributed by atoms with van der Waals surface area (Å²) in [6.07, 6.45) is 0.630. The van der Waals surface area contributed by atoms with Gasteiger partial charge in [0.15, 0.2) is 0 Å². The first-order chi connectivity index (χ1) is 9.58. The molecule has 106 valence electrons. The van der Waals surface area contributed by atoms with Gasteiger partial charge in [-0.2, -0.15) is 0 Å². The van der Waals surface area contributed by atoms with E-state index in [-0.39, 0.29) is 0 Å². The molecule has 0 saturated carbocycles. The third-order valence-electron chi connectivity index (χ3n) is 4.03. The van der Waals surface area contributed by atoms with Crippen molar-refractivity contribution in [3.8, 4) is 0 Å². The Labute approximate surface area is 132 Å². The molecule has 0 radical (unpaired) electrons. The van der Waals surface area contributed by atoms with E-state index in [0.29, 0.717) is 6.04 Å². The first kappa shape index (κ1) is 14.1. The molecule has 20 heavy (non-hydrogen) atoms. The predicted octanol–water partition coefficient (Wildman–Crippen LogP) is 4.69. The van der Waals surface area contributed by atoms with Gasteiger partial charge in [0.1, 0.15) is 0 Å². The van der Waals surface area contributed by atoms with Crippen LogP contribution in [0.2, 0.25) is 0 Å². The van der Waals surface area contributed by atoms with Gasteiger partial charge in [-0.05, 0) is 55.5 Å². The van der Waals surface area contributed by atoms with Crippen molar-refractivity contribution in [1.82, 2.24) is 0 Å². The summed E-state index contributed by atoms with van der Waals surface area (Å²) >= 11 is 5.35. The number of nitrogens with zero attached hydrogens (tertiary/aromatic N) is 1. The van der Waals surface area contributed by atoms with Crippen molar-refractivity contribution in [2.24, 2.45) is 0 Å². The van der Waals surface area contributed by atoms with Crippen molar-refractivity contribution < 1.29 is 5.11 Å². The fraction of sp³-hybridized carbons (Fsp3) is 0.375. The molecule has 0 fully saturated rings. The maximum Gasteiger partial charge on any atom is 0.0782 e.